The predicted molar refractivity (Wildman–Crippen MR) is 118 cm³/mol. The molecule has 2 N–H and O–H groups in total. The highest BCUT2D eigenvalue weighted by Crippen LogP contribution is 2.45. The van der Waals surface area contributed by atoms with Crippen LogP contribution in [0.25, 0.3) is 0 Å². The molecule has 3 aromatic rings. The Hall–Kier alpha value is -3.45. The smallest absolute Gasteiger partial charge is 0.269 e. The number of carbonyl (C=O) groups excluding carboxylic acids is 1. The van der Waals surface area contributed by atoms with Crippen LogP contribution in [-0.4, -0.2) is 10.7 Å². The standard InChI is InChI=1S/C23H19N3O3S/c27-20-13-15(21-9-4-10-30-21)12-19-22(20)23(14-5-3-6-16(11-14)26(28)29)25-18-8-2-1-7-17(18)24-19/h1-11,15,23-25H,12-13H2/t15-,23-/m0/s1. The van der Waals surface area contributed by atoms with Gasteiger partial charge in [0.1, 0.15) is 0 Å². The van der Waals surface area contributed by atoms with Gasteiger partial charge in [-0.2, -0.15) is 0 Å². The molecule has 0 amide bonds. The van der Waals surface area contributed by atoms with Gasteiger partial charge in [-0.3, -0.25) is 14.9 Å². The number of nitro benzene ring substituents is 1. The lowest BCUT2D eigenvalue weighted by Gasteiger charge is -2.29. The SMILES string of the molecule is O=C1C[C@@H](c2cccs2)CC2=C1[C@H](c1cccc([N+](=O)[O-])c1)Nc1ccccc1N2. The molecule has 2 aromatic carbocycles. The zero-order valence-corrected chi connectivity index (χ0v) is 16.8. The van der Waals surface area contributed by atoms with Crippen molar-refractivity contribution in [1.82, 2.24) is 0 Å². The summed E-state index contributed by atoms with van der Waals surface area (Å²) < 4.78 is 0. The lowest BCUT2D eigenvalue weighted by molar-refractivity contribution is -0.384. The number of carbonyl (C=O) groups is 1. The molecule has 1 aromatic heterocycles. The number of benzene rings is 2. The molecule has 7 heteroatoms. The number of thiophene rings is 1. The Kier molecular flexibility index (Phi) is 4.59. The Bertz CT molecular complexity index is 1170. The van der Waals surface area contributed by atoms with E-state index in [-0.39, 0.29) is 17.4 Å². The molecule has 0 saturated carbocycles. The first kappa shape index (κ1) is 18.6. The predicted octanol–water partition coefficient (Wildman–Crippen LogP) is 5.64. The lowest BCUT2D eigenvalue weighted by atomic mass is 9.81. The van der Waals surface area contributed by atoms with Crippen LogP contribution in [0.1, 0.15) is 35.2 Å². The number of ketones is 1. The zero-order valence-electron chi connectivity index (χ0n) is 16.0. The highest BCUT2D eigenvalue weighted by atomic mass is 32.1. The van der Waals surface area contributed by atoms with Gasteiger partial charge in [0.15, 0.2) is 5.78 Å². The molecule has 0 unspecified atom stereocenters. The quantitative estimate of drug-likeness (QED) is 0.426. The summed E-state index contributed by atoms with van der Waals surface area (Å²) in [5.41, 5.74) is 4.04. The van der Waals surface area contributed by atoms with Crippen molar-refractivity contribution in [3.63, 3.8) is 0 Å². The summed E-state index contributed by atoms with van der Waals surface area (Å²) in [6.07, 6.45) is 1.16. The van der Waals surface area contributed by atoms with Gasteiger partial charge in [-0.15, -0.1) is 11.3 Å². The number of nitrogens with one attached hydrogen (secondary N) is 2. The van der Waals surface area contributed by atoms with E-state index in [0.29, 0.717) is 17.6 Å². The zero-order chi connectivity index (χ0) is 20.7. The largest absolute Gasteiger partial charge is 0.372 e. The number of non-ortho nitro benzene ring substituents is 1. The second kappa shape index (κ2) is 7.42. The minimum Gasteiger partial charge on any atom is -0.372 e. The van der Waals surface area contributed by atoms with Crippen molar-refractivity contribution in [1.29, 1.82) is 0 Å². The number of para-hydroxylation sites is 2. The monoisotopic (exact) mass is 417 g/mol. The van der Waals surface area contributed by atoms with Crippen molar-refractivity contribution in [2.75, 3.05) is 10.6 Å². The van der Waals surface area contributed by atoms with Crippen molar-refractivity contribution >= 4 is 34.2 Å². The van der Waals surface area contributed by atoms with Gasteiger partial charge in [0, 0.05) is 40.6 Å². The van der Waals surface area contributed by atoms with Crippen LogP contribution in [0.2, 0.25) is 0 Å². The highest BCUT2D eigenvalue weighted by Gasteiger charge is 2.36. The molecule has 5 rings (SSSR count). The highest BCUT2D eigenvalue weighted by molar-refractivity contribution is 7.10. The van der Waals surface area contributed by atoms with E-state index < -0.39 is 11.0 Å². The van der Waals surface area contributed by atoms with Gasteiger partial charge >= 0.3 is 0 Å². The van der Waals surface area contributed by atoms with E-state index in [1.807, 2.05) is 41.8 Å². The van der Waals surface area contributed by atoms with Gasteiger partial charge in [-0.1, -0.05) is 30.3 Å². The lowest BCUT2D eigenvalue weighted by Crippen LogP contribution is -2.26. The van der Waals surface area contributed by atoms with Crippen LogP contribution in [0.5, 0.6) is 0 Å². The maximum absolute atomic E-state index is 13.4. The fraction of sp³-hybridized carbons (Fsp3) is 0.174. The first-order valence-electron chi connectivity index (χ1n) is 9.77. The Morgan fingerprint density at radius 3 is 2.60 bits per heavy atom. The van der Waals surface area contributed by atoms with Crippen LogP contribution in [0.3, 0.4) is 0 Å². The van der Waals surface area contributed by atoms with E-state index in [1.54, 1.807) is 23.5 Å². The van der Waals surface area contributed by atoms with Crippen LogP contribution in [0, 0.1) is 10.1 Å². The van der Waals surface area contributed by atoms with Crippen molar-refractivity contribution < 1.29 is 9.72 Å². The number of Topliss-reactive ketones (excluding diaryl/α,β-unsaturated/α-hetero) is 1. The van der Waals surface area contributed by atoms with E-state index in [1.165, 1.54) is 10.9 Å². The molecule has 150 valence electrons. The Morgan fingerprint density at radius 1 is 1.00 bits per heavy atom. The van der Waals surface area contributed by atoms with Gasteiger partial charge in [-0.25, -0.2) is 0 Å². The third-order valence-electron chi connectivity index (χ3n) is 5.67. The van der Waals surface area contributed by atoms with Crippen molar-refractivity contribution in [3.05, 3.63) is 97.9 Å². The van der Waals surface area contributed by atoms with Crippen LogP contribution < -0.4 is 10.6 Å². The summed E-state index contributed by atoms with van der Waals surface area (Å²) in [5.74, 6) is 0.207. The molecule has 0 saturated heterocycles. The number of anilines is 2. The molecule has 0 spiro atoms. The van der Waals surface area contributed by atoms with Crippen molar-refractivity contribution in [3.8, 4) is 0 Å². The van der Waals surface area contributed by atoms with Gasteiger partial charge in [0.05, 0.1) is 22.3 Å². The van der Waals surface area contributed by atoms with E-state index in [0.717, 1.165) is 23.5 Å². The Balaban J connectivity index is 1.63. The van der Waals surface area contributed by atoms with Crippen LogP contribution >= 0.6 is 11.3 Å². The van der Waals surface area contributed by atoms with Crippen LogP contribution in [-0.2, 0) is 4.79 Å². The van der Waals surface area contributed by atoms with Crippen molar-refractivity contribution in [2.24, 2.45) is 0 Å². The molecule has 1 aliphatic carbocycles. The Labute approximate surface area is 177 Å². The fourth-order valence-corrected chi connectivity index (χ4v) is 5.12. The van der Waals surface area contributed by atoms with Gasteiger partial charge in [0.2, 0.25) is 0 Å². The number of nitrogens with zero attached hydrogens (tertiary/aromatic N) is 1. The molecule has 2 atom stereocenters. The topological polar surface area (TPSA) is 84.3 Å². The number of nitro groups is 1. The third-order valence-corrected chi connectivity index (χ3v) is 6.70. The van der Waals surface area contributed by atoms with E-state index in [2.05, 4.69) is 16.7 Å². The number of allylic oxidation sites excluding steroid dienone is 1. The minimum atomic E-state index is -0.451. The maximum atomic E-state index is 13.4. The molecule has 2 heterocycles. The first-order chi connectivity index (χ1) is 14.6. The number of hydrogen-bond acceptors (Lipinski definition) is 6. The van der Waals surface area contributed by atoms with E-state index in [4.69, 9.17) is 0 Å². The normalized spacial score (nSPS) is 20.5. The molecular weight excluding hydrogens is 398 g/mol. The third kappa shape index (κ3) is 3.27. The molecule has 2 aliphatic rings. The maximum Gasteiger partial charge on any atom is 0.269 e. The number of hydrogen-bond donors (Lipinski definition) is 2. The van der Waals surface area contributed by atoms with E-state index in [9.17, 15) is 14.9 Å². The average Bonchev–Trinajstić information content (AvgIpc) is 3.23. The molecule has 0 fully saturated rings. The first-order valence-corrected chi connectivity index (χ1v) is 10.6. The molecular formula is C23H19N3O3S. The van der Waals surface area contributed by atoms with Gasteiger partial charge in [-0.05, 0) is 35.6 Å². The summed E-state index contributed by atoms with van der Waals surface area (Å²) in [6.45, 7) is 0. The number of rotatable bonds is 3. The second-order valence-corrected chi connectivity index (χ2v) is 8.52. The summed E-state index contributed by atoms with van der Waals surface area (Å²) in [6, 6.07) is 18.0. The molecule has 1 aliphatic heterocycles. The summed E-state index contributed by atoms with van der Waals surface area (Å²) in [5, 5.41) is 20.3. The number of fused-ring (bicyclic) bond motifs is 1. The molecule has 6 nitrogen and oxygen atoms in total. The summed E-state index contributed by atoms with van der Waals surface area (Å²) in [4.78, 5) is 25.5. The van der Waals surface area contributed by atoms with Gasteiger partial charge in [0.25, 0.3) is 5.69 Å². The second-order valence-electron chi connectivity index (χ2n) is 7.54. The molecule has 0 radical (unpaired) electrons. The van der Waals surface area contributed by atoms with Crippen LogP contribution in [0.15, 0.2) is 77.3 Å². The van der Waals surface area contributed by atoms with E-state index >= 15 is 0 Å². The average molecular weight is 417 g/mol. The molecule has 0 bridgehead atoms. The van der Waals surface area contributed by atoms with Gasteiger partial charge < -0.3 is 10.6 Å². The Morgan fingerprint density at radius 2 is 1.83 bits per heavy atom. The van der Waals surface area contributed by atoms with Crippen molar-refractivity contribution in [2.45, 2.75) is 24.8 Å². The summed E-state index contributed by atoms with van der Waals surface area (Å²) in [7, 11) is 0. The fourth-order valence-electron chi connectivity index (χ4n) is 4.29. The minimum absolute atomic E-state index is 0.0154. The summed E-state index contributed by atoms with van der Waals surface area (Å²) >= 11 is 1.67. The molecule has 30 heavy (non-hydrogen) atoms. The van der Waals surface area contributed by atoms with Crippen LogP contribution in [0.4, 0.5) is 17.1 Å².